The lowest BCUT2D eigenvalue weighted by molar-refractivity contribution is -0.176. The molecule has 19 heavy (non-hydrogen) atoms. The molecule has 104 valence electrons. The van der Waals surface area contributed by atoms with Crippen molar-refractivity contribution in [2.24, 2.45) is 0 Å². The molecular formula is C11H11F3N2O3. The topological polar surface area (TPSA) is 79.3 Å². The summed E-state index contributed by atoms with van der Waals surface area (Å²) in [5.74, 6) is -3.52. The molecule has 1 rings (SSSR count). The fourth-order valence-corrected chi connectivity index (χ4v) is 1.56. The quantitative estimate of drug-likeness (QED) is 0.872. The average molecular weight is 276 g/mol. The fourth-order valence-electron chi connectivity index (χ4n) is 1.56. The molecule has 1 unspecified atom stereocenters. The Hall–Kier alpha value is -2.12. The summed E-state index contributed by atoms with van der Waals surface area (Å²) in [6.45, 7) is 1.21. The predicted octanol–water partition coefficient (Wildman–Crippen LogP) is 1.45. The first-order chi connectivity index (χ1) is 8.65. The van der Waals surface area contributed by atoms with E-state index in [1.807, 2.05) is 0 Å². The molecule has 8 heteroatoms. The third kappa shape index (κ3) is 3.94. The first-order valence-electron chi connectivity index (χ1n) is 5.17. The Morgan fingerprint density at radius 2 is 1.84 bits per heavy atom. The molecule has 1 aromatic rings. The van der Waals surface area contributed by atoms with E-state index in [1.54, 1.807) is 5.32 Å². The highest BCUT2D eigenvalue weighted by molar-refractivity contribution is 5.83. The summed E-state index contributed by atoms with van der Waals surface area (Å²) >= 11 is 0. The van der Waals surface area contributed by atoms with Crippen molar-refractivity contribution in [1.82, 2.24) is 10.3 Å². The van der Waals surface area contributed by atoms with Gasteiger partial charge >= 0.3 is 18.1 Å². The molecule has 0 saturated heterocycles. The van der Waals surface area contributed by atoms with Crippen LogP contribution in [0.2, 0.25) is 0 Å². The molecular weight excluding hydrogens is 265 g/mol. The first kappa shape index (κ1) is 14.9. The third-order valence-electron chi connectivity index (χ3n) is 2.47. The minimum Gasteiger partial charge on any atom is -0.481 e. The van der Waals surface area contributed by atoms with Crippen LogP contribution in [-0.2, 0) is 15.1 Å². The highest BCUT2D eigenvalue weighted by Gasteiger charge is 2.43. The number of nitrogens with zero attached hydrogens (tertiary/aromatic N) is 1. The van der Waals surface area contributed by atoms with Gasteiger partial charge in [-0.3, -0.25) is 14.6 Å². The number of hydrogen-bond acceptors (Lipinski definition) is 3. The second kappa shape index (κ2) is 5.25. The Morgan fingerprint density at radius 3 is 2.26 bits per heavy atom. The third-order valence-corrected chi connectivity index (χ3v) is 2.47. The number of aliphatic carboxylic acids is 1. The maximum absolute atomic E-state index is 12.3. The number of halogens is 3. The largest absolute Gasteiger partial charge is 0.481 e. The highest BCUT2D eigenvalue weighted by Crippen LogP contribution is 2.26. The lowest BCUT2D eigenvalue weighted by Gasteiger charge is -2.30. The van der Waals surface area contributed by atoms with E-state index >= 15 is 0 Å². The van der Waals surface area contributed by atoms with Gasteiger partial charge in [0.15, 0.2) is 0 Å². The number of carbonyl (C=O) groups is 2. The van der Waals surface area contributed by atoms with Crippen molar-refractivity contribution < 1.29 is 27.9 Å². The molecule has 1 heterocycles. The number of amides is 1. The number of rotatable bonds is 4. The molecule has 1 atom stereocenters. The SMILES string of the molecule is CC(CC(=O)O)(NC(=O)C(F)(F)F)c1ccncc1. The van der Waals surface area contributed by atoms with Gasteiger partial charge in [-0.25, -0.2) is 0 Å². The zero-order valence-corrected chi connectivity index (χ0v) is 9.86. The Bertz CT molecular complexity index is 476. The fraction of sp³-hybridized carbons (Fsp3) is 0.364. The summed E-state index contributed by atoms with van der Waals surface area (Å²) in [5, 5.41) is 10.5. The van der Waals surface area contributed by atoms with Gasteiger partial charge in [-0.1, -0.05) is 0 Å². The van der Waals surface area contributed by atoms with E-state index in [9.17, 15) is 22.8 Å². The van der Waals surface area contributed by atoms with Crippen molar-refractivity contribution in [1.29, 1.82) is 0 Å². The standard InChI is InChI=1S/C11H11F3N2O3/c1-10(6-8(17)18,7-2-4-15-5-3-7)16-9(19)11(12,13)14/h2-5H,6H2,1H3,(H,16,19)(H,17,18). The smallest absolute Gasteiger partial charge is 0.471 e. The second-order valence-electron chi connectivity index (χ2n) is 4.09. The molecule has 0 aliphatic carbocycles. The maximum Gasteiger partial charge on any atom is 0.471 e. The monoisotopic (exact) mass is 276 g/mol. The summed E-state index contributed by atoms with van der Waals surface area (Å²) in [6, 6.07) is 2.69. The van der Waals surface area contributed by atoms with Gasteiger partial charge in [-0.15, -0.1) is 0 Å². The van der Waals surface area contributed by atoms with Crippen molar-refractivity contribution in [3.8, 4) is 0 Å². The Morgan fingerprint density at radius 1 is 1.32 bits per heavy atom. The summed E-state index contributed by atoms with van der Waals surface area (Å²) in [6.07, 6.45) is -3.16. The van der Waals surface area contributed by atoms with E-state index in [4.69, 9.17) is 5.11 Å². The van der Waals surface area contributed by atoms with Crippen molar-refractivity contribution >= 4 is 11.9 Å². The molecule has 1 aromatic heterocycles. The van der Waals surface area contributed by atoms with Gasteiger partial charge in [0, 0.05) is 12.4 Å². The molecule has 0 spiro atoms. The number of pyridine rings is 1. The minimum absolute atomic E-state index is 0.225. The van der Waals surface area contributed by atoms with E-state index in [2.05, 4.69) is 4.98 Å². The lowest BCUT2D eigenvalue weighted by atomic mass is 9.89. The number of carbonyl (C=O) groups excluding carboxylic acids is 1. The van der Waals surface area contributed by atoms with Crippen LogP contribution >= 0.6 is 0 Å². The summed E-state index contributed by atoms with van der Waals surface area (Å²) in [7, 11) is 0. The van der Waals surface area contributed by atoms with E-state index in [0.717, 1.165) is 0 Å². The Kier molecular flexibility index (Phi) is 4.13. The normalized spacial score (nSPS) is 14.5. The van der Waals surface area contributed by atoms with Crippen molar-refractivity contribution in [3.05, 3.63) is 30.1 Å². The van der Waals surface area contributed by atoms with Gasteiger partial charge in [-0.2, -0.15) is 13.2 Å². The van der Waals surface area contributed by atoms with Crippen LogP contribution in [0.15, 0.2) is 24.5 Å². The van der Waals surface area contributed by atoms with Gasteiger partial charge < -0.3 is 10.4 Å². The number of nitrogens with one attached hydrogen (secondary N) is 1. The molecule has 0 bridgehead atoms. The van der Waals surface area contributed by atoms with Crippen LogP contribution in [0.4, 0.5) is 13.2 Å². The van der Waals surface area contributed by atoms with E-state index in [1.165, 1.54) is 31.5 Å². The molecule has 2 N–H and O–H groups in total. The van der Waals surface area contributed by atoms with Crippen LogP contribution in [0.1, 0.15) is 18.9 Å². The zero-order valence-electron chi connectivity index (χ0n) is 9.86. The number of carboxylic acids is 1. The van der Waals surface area contributed by atoms with Gasteiger partial charge in [0.05, 0.1) is 12.0 Å². The second-order valence-corrected chi connectivity index (χ2v) is 4.09. The van der Waals surface area contributed by atoms with Crippen LogP contribution in [-0.4, -0.2) is 28.1 Å². The number of carboxylic acid groups (broad SMARTS) is 1. The molecule has 0 aliphatic rings. The van der Waals surface area contributed by atoms with E-state index < -0.39 is 30.0 Å². The zero-order chi connectivity index (χ0) is 14.7. The van der Waals surface area contributed by atoms with Gasteiger partial charge in [0.25, 0.3) is 0 Å². The summed E-state index contributed by atoms with van der Waals surface area (Å²) < 4.78 is 36.8. The Balaban J connectivity index is 3.08. The number of alkyl halides is 3. The lowest BCUT2D eigenvalue weighted by Crippen LogP contribution is -2.50. The molecule has 0 saturated carbocycles. The molecule has 0 aromatic carbocycles. The van der Waals surface area contributed by atoms with Crippen LogP contribution < -0.4 is 5.32 Å². The molecule has 1 amide bonds. The Labute approximate surface area is 106 Å². The van der Waals surface area contributed by atoms with Crippen LogP contribution in [0.25, 0.3) is 0 Å². The average Bonchev–Trinajstić information content (AvgIpc) is 2.27. The van der Waals surface area contributed by atoms with Gasteiger partial charge in [0.2, 0.25) is 0 Å². The molecule has 0 aliphatic heterocycles. The number of aromatic nitrogens is 1. The van der Waals surface area contributed by atoms with E-state index in [0.29, 0.717) is 0 Å². The van der Waals surface area contributed by atoms with Crippen molar-refractivity contribution in [2.45, 2.75) is 25.1 Å². The highest BCUT2D eigenvalue weighted by atomic mass is 19.4. The van der Waals surface area contributed by atoms with Crippen molar-refractivity contribution in [3.63, 3.8) is 0 Å². The molecule has 0 fully saturated rings. The maximum atomic E-state index is 12.3. The van der Waals surface area contributed by atoms with Crippen molar-refractivity contribution in [2.75, 3.05) is 0 Å². The molecule has 0 radical (unpaired) electrons. The molecule has 5 nitrogen and oxygen atoms in total. The van der Waals surface area contributed by atoms with E-state index in [-0.39, 0.29) is 5.56 Å². The summed E-state index contributed by atoms with van der Waals surface area (Å²) in [5.41, 5.74) is -1.44. The summed E-state index contributed by atoms with van der Waals surface area (Å²) in [4.78, 5) is 25.4. The van der Waals surface area contributed by atoms with Crippen LogP contribution in [0.3, 0.4) is 0 Å². The van der Waals surface area contributed by atoms with Gasteiger partial charge in [-0.05, 0) is 24.6 Å². The first-order valence-corrected chi connectivity index (χ1v) is 5.17. The minimum atomic E-state index is -5.08. The van der Waals surface area contributed by atoms with Crippen LogP contribution in [0, 0.1) is 0 Å². The number of hydrogen-bond donors (Lipinski definition) is 2. The van der Waals surface area contributed by atoms with Crippen LogP contribution in [0.5, 0.6) is 0 Å². The predicted molar refractivity (Wildman–Crippen MR) is 58.0 cm³/mol. The van der Waals surface area contributed by atoms with Gasteiger partial charge in [0.1, 0.15) is 0 Å².